The SMILES string of the molecule is CCNC(Cc1ccccc1C)CS(C)(=O)=O. The molecule has 0 bridgehead atoms. The maximum atomic E-state index is 11.4. The summed E-state index contributed by atoms with van der Waals surface area (Å²) < 4.78 is 22.7. The van der Waals surface area contributed by atoms with Crippen LogP contribution in [0.5, 0.6) is 0 Å². The van der Waals surface area contributed by atoms with Crippen molar-refractivity contribution in [2.45, 2.75) is 26.3 Å². The summed E-state index contributed by atoms with van der Waals surface area (Å²) in [6.07, 6.45) is 2.04. The van der Waals surface area contributed by atoms with Crippen molar-refractivity contribution in [2.75, 3.05) is 18.6 Å². The molecule has 0 aliphatic carbocycles. The molecule has 0 aliphatic heterocycles. The Bertz CT molecular complexity index is 454. The third-order valence-corrected chi connectivity index (χ3v) is 3.73. The second-order valence-electron chi connectivity index (χ2n) is 4.48. The minimum atomic E-state index is -2.94. The average Bonchev–Trinajstić information content (AvgIpc) is 2.19. The zero-order chi connectivity index (χ0) is 12.9. The normalized spacial score (nSPS) is 13.6. The molecule has 1 aromatic carbocycles. The third kappa shape index (κ3) is 5.33. The van der Waals surface area contributed by atoms with Crippen molar-refractivity contribution in [2.24, 2.45) is 0 Å². The zero-order valence-electron chi connectivity index (χ0n) is 10.7. The Morgan fingerprint density at radius 1 is 1.29 bits per heavy atom. The molecule has 3 nitrogen and oxygen atoms in total. The van der Waals surface area contributed by atoms with Crippen LogP contribution in [-0.4, -0.2) is 33.0 Å². The summed E-state index contributed by atoms with van der Waals surface area (Å²) in [6, 6.07) is 8.10. The molecule has 1 unspecified atom stereocenters. The number of hydrogen-bond donors (Lipinski definition) is 1. The van der Waals surface area contributed by atoms with Gasteiger partial charge in [0.1, 0.15) is 9.84 Å². The molecule has 1 N–H and O–H groups in total. The average molecular weight is 255 g/mol. The maximum Gasteiger partial charge on any atom is 0.148 e. The van der Waals surface area contributed by atoms with Crippen molar-refractivity contribution < 1.29 is 8.42 Å². The highest BCUT2D eigenvalue weighted by atomic mass is 32.2. The van der Waals surface area contributed by atoms with Crippen LogP contribution >= 0.6 is 0 Å². The molecule has 0 saturated heterocycles. The van der Waals surface area contributed by atoms with E-state index in [4.69, 9.17) is 0 Å². The Kier molecular flexibility index (Phi) is 5.15. The van der Waals surface area contributed by atoms with Gasteiger partial charge in [0.05, 0.1) is 5.75 Å². The number of rotatable bonds is 6. The lowest BCUT2D eigenvalue weighted by Crippen LogP contribution is -2.37. The first-order valence-corrected chi connectivity index (χ1v) is 7.94. The van der Waals surface area contributed by atoms with Crippen molar-refractivity contribution in [3.05, 3.63) is 35.4 Å². The van der Waals surface area contributed by atoms with Gasteiger partial charge in [-0.15, -0.1) is 0 Å². The van der Waals surface area contributed by atoms with E-state index >= 15 is 0 Å². The van der Waals surface area contributed by atoms with Crippen LogP contribution in [0.4, 0.5) is 0 Å². The quantitative estimate of drug-likeness (QED) is 0.839. The van der Waals surface area contributed by atoms with Gasteiger partial charge in [0.25, 0.3) is 0 Å². The molecular formula is C13H21NO2S. The summed E-state index contributed by atoms with van der Waals surface area (Å²) in [7, 11) is -2.94. The second kappa shape index (κ2) is 6.17. The van der Waals surface area contributed by atoms with E-state index in [-0.39, 0.29) is 11.8 Å². The Balaban J connectivity index is 2.77. The molecular weight excluding hydrogens is 234 g/mol. The lowest BCUT2D eigenvalue weighted by Gasteiger charge is -2.18. The smallest absolute Gasteiger partial charge is 0.148 e. The first-order chi connectivity index (χ1) is 7.92. The van der Waals surface area contributed by atoms with E-state index in [0.717, 1.165) is 13.0 Å². The molecule has 0 spiro atoms. The van der Waals surface area contributed by atoms with E-state index in [1.165, 1.54) is 17.4 Å². The van der Waals surface area contributed by atoms with Crippen molar-refractivity contribution >= 4 is 9.84 Å². The van der Waals surface area contributed by atoms with Crippen LogP contribution in [0.15, 0.2) is 24.3 Å². The van der Waals surface area contributed by atoms with Crippen LogP contribution in [0.1, 0.15) is 18.1 Å². The van der Waals surface area contributed by atoms with Gasteiger partial charge >= 0.3 is 0 Å². The predicted molar refractivity (Wildman–Crippen MR) is 72.1 cm³/mol. The van der Waals surface area contributed by atoms with Crippen LogP contribution in [0.2, 0.25) is 0 Å². The molecule has 17 heavy (non-hydrogen) atoms. The minimum absolute atomic E-state index is 0.00361. The summed E-state index contributed by atoms with van der Waals surface area (Å²) in [5.74, 6) is 0.190. The Morgan fingerprint density at radius 3 is 2.47 bits per heavy atom. The first kappa shape index (κ1) is 14.2. The Hall–Kier alpha value is -0.870. The fourth-order valence-corrected chi connectivity index (χ4v) is 2.92. The summed E-state index contributed by atoms with van der Waals surface area (Å²) in [5, 5.41) is 3.24. The van der Waals surface area contributed by atoms with Gasteiger partial charge in [-0.25, -0.2) is 8.42 Å². The Labute approximate surface area is 104 Å². The molecule has 0 aliphatic rings. The van der Waals surface area contributed by atoms with Crippen molar-refractivity contribution in [3.8, 4) is 0 Å². The van der Waals surface area contributed by atoms with Gasteiger partial charge in [-0.2, -0.15) is 0 Å². The lowest BCUT2D eigenvalue weighted by molar-refractivity contribution is 0.544. The van der Waals surface area contributed by atoms with E-state index in [9.17, 15) is 8.42 Å². The van der Waals surface area contributed by atoms with Crippen LogP contribution in [0, 0.1) is 6.92 Å². The lowest BCUT2D eigenvalue weighted by atomic mass is 10.0. The number of aryl methyl sites for hydroxylation is 1. The van der Waals surface area contributed by atoms with Crippen LogP contribution < -0.4 is 5.32 Å². The van der Waals surface area contributed by atoms with Crippen LogP contribution in [-0.2, 0) is 16.3 Å². The summed E-state index contributed by atoms with van der Waals surface area (Å²) in [4.78, 5) is 0. The largest absolute Gasteiger partial charge is 0.313 e. The molecule has 0 amide bonds. The molecule has 1 rings (SSSR count). The van der Waals surface area contributed by atoms with E-state index in [1.54, 1.807) is 0 Å². The summed E-state index contributed by atoms with van der Waals surface area (Å²) in [6.45, 7) is 4.83. The standard InChI is InChI=1S/C13H21NO2S/c1-4-14-13(10-17(3,15)16)9-12-8-6-5-7-11(12)2/h5-8,13-14H,4,9-10H2,1-3H3. The number of sulfone groups is 1. The molecule has 1 atom stereocenters. The van der Waals surface area contributed by atoms with Gasteiger partial charge in [-0.3, -0.25) is 0 Å². The molecule has 1 aromatic rings. The highest BCUT2D eigenvalue weighted by Gasteiger charge is 2.15. The molecule has 0 saturated carbocycles. The minimum Gasteiger partial charge on any atom is -0.313 e. The molecule has 4 heteroatoms. The molecule has 0 aromatic heterocycles. The van der Waals surface area contributed by atoms with Crippen LogP contribution in [0.3, 0.4) is 0 Å². The topological polar surface area (TPSA) is 46.2 Å². The molecule has 0 radical (unpaired) electrons. The number of benzene rings is 1. The highest BCUT2D eigenvalue weighted by molar-refractivity contribution is 7.90. The van der Waals surface area contributed by atoms with Crippen molar-refractivity contribution in [3.63, 3.8) is 0 Å². The van der Waals surface area contributed by atoms with Gasteiger partial charge in [-0.05, 0) is 31.0 Å². The predicted octanol–water partition coefficient (Wildman–Crippen LogP) is 1.56. The van der Waals surface area contributed by atoms with E-state index < -0.39 is 9.84 Å². The molecule has 96 valence electrons. The van der Waals surface area contributed by atoms with Gasteiger partial charge in [0.15, 0.2) is 0 Å². The number of nitrogens with one attached hydrogen (secondary N) is 1. The van der Waals surface area contributed by atoms with E-state index in [2.05, 4.69) is 24.4 Å². The van der Waals surface area contributed by atoms with Gasteiger partial charge in [0, 0.05) is 12.3 Å². The van der Waals surface area contributed by atoms with Gasteiger partial charge in [0.2, 0.25) is 0 Å². The highest BCUT2D eigenvalue weighted by Crippen LogP contribution is 2.10. The molecule has 0 fully saturated rings. The van der Waals surface area contributed by atoms with E-state index in [1.807, 2.05) is 19.1 Å². The Morgan fingerprint density at radius 2 is 1.94 bits per heavy atom. The summed E-state index contributed by atoms with van der Waals surface area (Å²) in [5.41, 5.74) is 2.42. The third-order valence-electron chi connectivity index (χ3n) is 2.72. The summed E-state index contributed by atoms with van der Waals surface area (Å²) >= 11 is 0. The van der Waals surface area contributed by atoms with Crippen molar-refractivity contribution in [1.29, 1.82) is 0 Å². The molecule has 0 heterocycles. The first-order valence-electron chi connectivity index (χ1n) is 5.88. The monoisotopic (exact) mass is 255 g/mol. The van der Waals surface area contributed by atoms with E-state index in [0.29, 0.717) is 0 Å². The second-order valence-corrected chi connectivity index (χ2v) is 6.66. The number of likely N-dealkylation sites (N-methyl/N-ethyl adjacent to an activating group) is 1. The number of hydrogen-bond acceptors (Lipinski definition) is 3. The zero-order valence-corrected chi connectivity index (χ0v) is 11.5. The van der Waals surface area contributed by atoms with Gasteiger partial charge in [-0.1, -0.05) is 31.2 Å². The van der Waals surface area contributed by atoms with Crippen LogP contribution in [0.25, 0.3) is 0 Å². The maximum absolute atomic E-state index is 11.4. The van der Waals surface area contributed by atoms with Crippen molar-refractivity contribution in [1.82, 2.24) is 5.32 Å². The fraction of sp³-hybridized carbons (Fsp3) is 0.538. The van der Waals surface area contributed by atoms with Gasteiger partial charge < -0.3 is 5.32 Å². The fourth-order valence-electron chi connectivity index (χ4n) is 1.95.